The minimum absolute atomic E-state index is 0.0265. The van der Waals surface area contributed by atoms with Crippen LogP contribution < -0.4 is 4.72 Å². The Bertz CT molecular complexity index is 714. The second-order valence-electron chi connectivity index (χ2n) is 3.97. The molecule has 0 saturated carbocycles. The summed E-state index contributed by atoms with van der Waals surface area (Å²) in [6.45, 7) is 1.62. The summed E-state index contributed by atoms with van der Waals surface area (Å²) in [5.41, 5.74) is 0.107. The summed E-state index contributed by atoms with van der Waals surface area (Å²) in [5, 5.41) is 0. The van der Waals surface area contributed by atoms with Gasteiger partial charge in [-0.25, -0.2) is 17.2 Å². The largest absolute Gasteiger partial charge is 0.277 e. The highest BCUT2D eigenvalue weighted by molar-refractivity contribution is 7.92. The molecule has 19 heavy (non-hydrogen) atoms. The van der Waals surface area contributed by atoms with E-state index in [1.165, 1.54) is 12.1 Å². The molecule has 0 unspecified atom stereocenters. The predicted molar refractivity (Wildman–Crippen MR) is 68.3 cm³/mol. The Morgan fingerprint density at radius 1 is 1.00 bits per heavy atom. The second kappa shape index (κ2) is 4.97. The Labute approximate surface area is 109 Å². The average Bonchev–Trinajstić information content (AvgIpc) is 2.35. The number of nitrogens with one attached hydrogen (secondary N) is 1. The number of anilines is 1. The zero-order valence-corrected chi connectivity index (χ0v) is 10.8. The van der Waals surface area contributed by atoms with Crippen molar-refractivity contribution in [1.29, 1.82) is 0 Å². The lowest BCUT2D eigenvalue weighted by Gasteiger charge is -2.10. The Balaban J connectivity index is 2.43. The molecule has 0 atom stereocenters. The highest BCUT2D eigenvalue weighted by atomic mass is 32.2. The first kappa shape index (κ1) is 13.5. The van der Waals surface area contributed by atoms with Crippen LogP contribution in [0.5, 0.6) is 0 Å². The van der Waals surface area contributed by atoms with E-state index in [2.05, 4.69) is 0 Å². The minimum Gasteiger partial charge on any atom is -0.277 e. The van der Waals surface area contributed by atoms with Crippen LogP contribution in [0.25, 0.3) is 0 Å². The monoisotopic (exact) mass is 283 g/mol. The molecule has 2 aromatic carbocycles. The van der Waals surface area contributed by atoms with Crippen molar-refractivity contribution in [2.24, 2.45) is 0 Å². The molecule has 1 N–H and O–H groups in total. The molecule has 0 spiro atoms. The minimum atomic E-state index is -3.94. The summed E-state index contributed by atoms with van der Waals surface area (Å²) in [6, 6.07) is 9.58. The SMILES string of the molecule is Cc1ccccc1S(=O)(=O)Nc1cccc(F)c1F. The lowest BCUT2D eigenvalue weighted by atomic mass is 10.2. The van der Waals surface area contributed by atoms with Gasteiger partial charge in [-0.15, -0.1) is 0 Å². The van der Waals surface area contributed by atoms with Crippen LogP contribution >= 0.6 is 0 Å². The van der Waals surface area contributed by atoms with Crippen molar-refractivity contribution in [2.75, 3.05) is 4.72 Å². The molecule has 2 rings (SSSR count). The van der Waals surface area contributed by atoms with E-state index in [-0.39, 0.29) is 4.90 Å². The van der Waals surface area contributed by atoms with E-state index >= 15 is 0 Å². The maximum absolute atomic E-state index is 13.4. The summed E-state index contributed by atoms with van der Waals surface area (Å²) >= 11 is 0. The van der Waals surface area contributed by atoms with Gasteiger partial charge in [0.15, 0.2) is 11.6 Å². The molecule has 0 aromatic heterocycles. The molecule has 0 bridgehead atoms. The quantitative estimate of drug-likeness (QED) is 0.941. The van der Waals surface area contributed by atoms with Gasteiger partial charge in [-0.1, -0.05) is 24.3 Å². The van der Waals surface area contributed by atoms with E-state index in [9.17, 15) is 17.2 Å². The molecular weight excluding hydrogens is 272 g/mol. The molecule has 6 heteroatoms. The van der Waals surface area contributed by atoms with E-state index in [1.807, 2.05) is 4.72 Å². The van der Waals surface area contributed by atoms with Gasteiger partial charge >= 0.3 is 0 Å². The van der Waals surface area contributed by atoms with E-state index in [1.54, 1.807) is 25.1 Å². The average molecular weight is 283 g/mol. The van der Waals surface area contributed by atoms with Gasteiger partial charge in [-0.2, -0.15) is 0 Å². The standard InChI is InChI=1S/C13H11F2NO2S/c1-9-5-2-3-8-12(9)19(17,18)16-11-7-4-6-10(14)13(11)15/h2-8,16H,1H3. The maximum atomic E-state index is 13.4. The van der Waals surface area contributed by atoms with Crippen molar-refractivity contribution >= 4 is 15.7 Å². The number of sulfonamides is 1. The van der Waals surface area contributed by atoms with Gasteiger partial charge in [0.2, 0.25) is 0 Å². The molecule has 3 nitrogen and oxygen atoms in total. The molecular formula is C13H11F2NO2S. The van der Waals surface area contributed by atoms with E-state index in [0.717, 1.165) is 12.1 Å². The number of benzene rings is 2. The topological polar surface area (TPSA) is 46.2 Å². The Hall–Kier alpha value is -1.95. The summed E-state index contributed by atoms with van der Waals surface area (Å²) in [4.78, 5) is 0.0265. The number of halogens is 2. The lowest BCUT2D eigenvalue weighted by molar-refractivity contribution is 0.511. The van der Waals surface area contributed by atoms with Crippen molar-refractivity contribution < 1.29 is 17.2 Å². The van der Waals surface area contributed by atoms with Crippen LogP contribution in [0.1, 0.15) is 5.56 Å². The zero-order valence-electron chi connectivity index (χ0n) is 10.0. The number of rotatable bonds is 3. The first-order valence-corrected chi connectivity index (χ1v) is 6.92. The number of hydrogen-bond acceptors (Lipinski definition) is 2. The molecule has 0 radical (unpaired) electrons. The van der Waals surface area contributed by atoms with Crippen LogP contribution in [0.2, 0.25) is 0 Å². The smallest absolute Gasteiger partial charge is 0.262 e. The highest BCUT2D eigenvalue weighted by Gasteiger charge is 2.19. The van der Waals surface area contributed by atoms with Gasteiger partial charge in [-0.3, -0.25) is 4.72 Å². The molecule has 2 aromatic rings. The molecule has 0 fully saturated rings. The number of hydrogen-bond donors (Lipinski definition) is 1. The lowest BCUT2D eigenvalue weighted by Crippen LogP contribution is -2.15. The summed E-state index contributed by atoms with van der Waals surface area (Å²) < 4.78 is 52.7. The summed E-state index contributed by atoms with van der Waals surface area (Å²) in [5.74, 6) is -2.33. The molecule has 0 heterocycles. The van der Waals surface area contributed by atoms with Crippen molar-refractivity contribution in [2.45, 2.75) is 11.8 Å². The fraction of sp³-hybridized carbons (Fsp3) is 0.0769. The van der Waals surface area contributed by atoms with Gasteiger partial charge in [0.05, 0.1) is 10.6 Å². The number of aryl methyl sites for hydroxylation is 1. The first-order valence-electron chi connectivity index (χ1n) is 5.44. The molecule has 0 amide bonds. The van der Waals surface area contributed by atoms with Crippen molar-refractivity contribution in [3.05, 3.63) is 59.7 Å². The fourth-order valence-corrected chi connectivity index (χ4v) is 2.95. The van der Waals surface area contributed by atoms with Crippen LogP contribution in [0.4, 0.5) is 14.5 Å². The van der Waals surface area contributed by atoms with Crippen LogP contribution in [-0.4, -0.2) is 8.42 Å². The molecule has 100 valence electrons. The first-order chi connectivity index (χ1) is 8.92. The zero-order chi connectivity index (χ0) is 14.0. The highest BCUT2D eigenvalue weighted by Crippen LogP contribution is 2.22. The van der Waals surface area contributed by atoms with Gasteiger partial charge in [0.25, 0.3) is 10.0 Å². The van der Waals surface area contributed by atoms with Gasteiger partial charge in [0, 0.05) is 0 Å². The van der Waals surface area contributed by atoms with E-state index < -0.39 is 27.3 Å². The van der Waals surface area contributed by atoms with Crippen molar-refractivity contribution in [3.63, 3.8) is 0 Å². The van der Waals surface area contributed by atoms with Crippen molar-refractivity contribution in [1.82, 2.24) is 0 Å². The maximum Gasteiger partial charge on any atom is 0.262 e. The Morgan fingerprint density at radius 3 is 2.37 bits per heavy atom. The van der Waals surface area contributed by atoms with E-state index in [0.29, 0.717) is 5.56 Å². The molecule has 0 aliphatic rings. The fourth-order valence-electron chi connectivity index (χ4n) is 1.64. The van der Waals surface area contributed by atoms with Crippen molar-refractivity contribution in [3.8, 4) is 0 Å². The third-order valence-corrected chi connectivity index (χ3v) is 4.10. The summed E-state index contributed by atoms with van der Waals surface area (Å²) in [6.07, 6.45) is 0. The van der Waals surface area contributed by atoms with Gasteiger partial charge in [-0.05, 0) is 30.7 Å². The van der Waals surface area contributed by atoms with Crippen LogP contribution in [-0.2, 0) is 10.0 Å². The molecule has 0 saturated heterocycles. The third-order valence-electron chi connectivity index (χ3n) is 2.58. The predicted octanol–water partition coefficient (Wildman–Crippen LogP) is 3.07. The van der Waals surface area contributed by atoms with Gasteiger partial charge < -0.3 is 0 Å². The third kappa shape index (κ3) is 2.73. The summed E-state index contributed by atoms with van der Waals surface area (Å²) in [7, 11) is -3.94. The molecule has 0 aliphatic carbocycles. The normalized spacial score (nSPS) is 11.3. The van der Waals surface area contributed by atoms with Crippen LogP contribution in [0, 0.1) is 18.6 Å². The second-order valence-corrected chi connectivity index (χ2v) is 5.62. The van der Waals surface area contributed by atoms with Gasteiger partial charge in [0.1, 0.15) is 0 Å². The Morgan fingerprint density at radius 2 is 1.68 bits per heavy atom. The van der Waals surface area contributed by atoms with Crippen LogP contribution in [0.15, 0.2) is 47.4 Å². The van der Waals surface area contributed by atoms with E-state index in [4.69, 9.17) is 0 Å². The van der Waals surface area contributed by atoms with Crippen LogP contribution in [0.3, 0.4) is 0 Å². The Kier molecular flexibility index (Phi) is 3.53. The molecule has 0 aliphatic heterocycles.